The monoisotopic (exact) mass is 469 g/mol. The van der Waals surface area contributed by atoms with Crippen molar-refractivity contribution in [3.05, 3.63) is 52.5 Å². The first-order valence-electron chi connectivity index (χ1n) is 10.8. The number of benzene rings is 2. The number of anilines is 1. The number of rotatable bonds is 5. The Kier molecular flexibility index (Phi) is 6.09. The van der Waals surface area contributed by atoms with E-state index in [0.29, 0.717) is 6.04 Å². The number of ether oxygens (including phenoxy) is 2. The topological polar surface area (TPSA) is 49.5 Å². The summed E-state index contributed by atoms with van der Waals surface area (Å²) in [4.78, 5) is 6.17. The molecule has 0 unspecified atom stereocenters. The molecule has 0 aliphatic carbocycles. The molecule has 2 fully saturated rings. The average Bonchev–Trinajstić information content (AvgIpc) is 3.13. The van der Waals surface area contributed by atoms with Crippen molar-refractivity contribution in [1.82, 2.24) is 9.88 Å². The first-order valence-corrected chi connectivity index (χ1v) is 11.6. The van der Waals surface area contributed by atoms with E-state index in [1.165, 1.54) is 22.2 Å². The van der Waals surface area contributed by atoms with Crippen LogP contribution in [0.2, 0.25) is 0 Å². The zero-order valence-electron chi connectivity index (χ0n) is 17.1. The molecule has 0 saturated carbocycles. The van der Waals surface area contributed by atoms with Crippen molar-refractivity contribution in [3.63, 3.8) is 0 Å². The number of H-pyrrole nitrogens is 1. The first kappa shape index (κ1) is 20.1. The van der Waals surface area contributed by atoms with Crippen LogP contribution in [-0.4, -0.2) is 55.4 Å². The van der Waals surface area contributed by atoms with Gasteiger partial charge in [0, 0.05) is 44.3 Å². The number of hydrogen-bond donors (Lipinski definition) is 2. The van der Waals surface area contributed by atoms with E-state index >= 15 is 0 Å². The number of nitrogens with zero attached hydrogens (tertiary/aromatic N) is 1. The molecule has 1 aromatic heterocycles. The number of hydrogen-bond acceptors (Lipinski definition) is 4. The molecule has 0 amide bonds. The van der Waals surface area contributed by atoms with Gasteiger partial charge in [-0.2, -0.15) is 0 Å². The van der Waals surface area contributed by atoms with E-state index in [2.05, 4.69) is 73.6 Å². The molecular formula is C24H28BrN3O2. The van der Waals surface area contributed by atoms with Crippen molar-refractivity contribution < 1.29 is 9.47 Å². The third-order valence-electron chi connectivity index (χ3n) is 6.06. The summed E-state index contributed by atoms with van der Waals surface area (Å²) in [5.74, 6) is 0. The highest BCUT2D eigenvalue weighted by Crippen LogP contribution is 2.39. The summed E-state index contributed by atoms with van der Waals surface area (Å²) in [6, 6.07) is 15.6. The SMILES string of the molecule is Brc1c(-c2ccccc2)[nH]c2c(NC3CCOCC3)cc(CN3CCOCC3)cc12. The molecule has 0 radical (unpaired) electrons. The number of fused-ring (bicyclic) bond motifs is 1. The van der Waals surface area contributed by atoms with Crippen LogP contribution in [0.1, 0.15) is 18.4 Å². The van der Waals surface area contributed by atoms with Gasteiger partial charge < -0.3 is 19.8 Å². The normalized spacial score (nSPS) is 18.7. The van der Waals surface area contributed by atoms with Gasteiger partial charge in [0.15, 0.2) is 0 Å². The van der Waals surface area contributed by atoms with E-state index in [1.54, 1.807) is 0 Å². The molecule has 158 valence electrons. The molecule has 6 heteroatoms. The molecule has 5 rings (SSSR count). The van der Waals surface area contributed by atoms with E-state index in [1.807, 2.05) is 0 Å². The maximum absolute atomic E-state index is 5.56. The van der Waals surface area contributed by atoms with Gasteiger partial charge in [0.2, 0.25) is 0 Å². The Labute approximate surface area is 185 Å². The van der Waals surface area contributed by atoms with E-state index in [9.17, 15) is 0 Å². The molecule has 3 heterocycles. The summed E-state index contributed by atoms with van der Waals surface area (Å²) in [5, 5.41) is 5.05. The third kappa shape index (κ3) is 4.28. The minimum absolute atomic E-state index is 0.447. The van der Waals surface area contributed by atoms with Crippen LogP contribution in [0.3, 0.4) is 0 Å². The highest BCUT2D eigenvalue weighted by molar-refractivity contribution is 9.10. The summed E-state index contributed by atoms with van der Waals surface area (Å²) >= 11 is 3.89. The van der Waals surface area contributed by atoms with Crippen molar-refractivity contribution >= 4 is 32.5 Å². The molecule has 30 heavy (non-hydrogen) atoms. The first-order chi connectivity index (χ1) is 14.8. The van der Waals surface area contributed by atoms with Gasteiger partial charge in [-0.1, -0.05) is 30.3 Å². The quantitative estimate of drug-likeness (QED) is 0.550. The van der Waals surface area contributed by atoms with Crippen LogP contribution in [0.4, 0.5) is 5.69 Å². The second-order valence-electron chi connectivity index (χ2n) is 8.17. The molecule has 3 aromatic rings. The summed E-state index contributed by atoms with van der Waals surface area (Å²) in [5.41, 5.74) is 6.00. The fourth-order valence-corrected chi connectivity index (χ4v) is 5.05. The average molecular weight is 470 g/mol. The number of halogens is 1. The van der Waals surface area contributed by atoms with Crippen molar-refractivity contribution in [2.45, 2.75) is 25.4 Å². The lowest BCUT2D eigenvalue weighted by atomic mass is 10.1. The Morgan fingerprint density at radius 2 is 1.73 bits per heavy atom. The van der Waals surface area contributed by atoms with Crippen LogP contribution in [-0.2, 0) is 16.0 Å². The zero-order valence-corrected chi connectivity index (χ0v) is 18.7. The van der Waals surface area contributed by atoms with Gasteiger partial charge in [-0.05, 0) is 52.0 Å². The summed E-state index contributed by atoms with van der Waals surface area (Å²) in [6.45, 7) is 6.23. The molecule has 2 N–H and O–H groups in total. The van der Waals surface area contributed by atoms with Crippen LogP contribution in [0.25, 0.3) is 22.2 Å². The molecule has 0 bridgehead atoms. The minimum atomic E-state index is 0.447. The molecule has 2 aliphatic heterocycles. The predicted molar refractivity (Wildman–Crippen MR) is 125 cm³/mol. The van der Waals surface area contributed by atoms with Crippen molar-refractivity contribution in [2.75, 3.05) is 44.8 Å². The van der Waals surface area contributed by atoms with Crippen LogP contribution < -0.4 is 5.32 Å². The predicted octanol–water partition coefficient (Wildman–Crippen LogP) is 5.02. The Morgan fingerprint density at radius 3 is 2.50 bits per heavy atom. The third-order valence-corrected chi connectivity index (χ3v) is 6.88. The van der Waals surface area contributed by atoms with Gasteiger partial charge >= 0.3 is 0 Å². The van der Waals surface area contributed by atoms with Gasteiger partial charge in [-0.3, -0.25) is 4.90 Å². The Hall–Kier alpha value is -1.86. The highest BCUT2D eigenvalue weighted by atomic mass is 79.9. The largest absolute Gasteiger partial charge is 0.381 e. The number of morpholine rings is 1. The van der Waals surface area contributed by atoms with Crippen LogP contribution in [0, 0.1) is 0 Å². The number of aromatic amines is 1. The van der Waals surface area contributed by atoms with E-state index in [-0.39, 0.29) is 0 Å². The standard InChI is InChI=1S/C24H28BrN3O2/c25-22-20-14-17(16-28-8-12-30-13-9-28)15-21(26-19-6-10-29-11-7-19)24(20)27-23(22)18-4-2-1-3-5-18/h1-5,14-15,19,26-27H,6-13,16H2. The summed E-state index contributed by atoms with van der Waals surface area (Å²) < 4.78 is 12.2. The lowest BCUT2D eigenvalue weighted by molar-refractivity contribution is 0.0342. The molecule has 5 nitrogen and oxygen atoms in total. The fraction of sp³-hybridized carbons (Fsp3) is 0.417. The number of aromatic nitrogens is 1. The van der Waals surface area contributed by atoms with Crippen LogP contribution in [0.5, 0.6) is 0 Å². The second-order valence-corrected chi connectivity index (χ2v) is 8.96. The van der Waals surface area contributed by atoms with Crippen molar-refractivity contribution in [2.24, 2.45) is 0 Å². The van der Waals surface area contributed by atoms with Crippen molar-refractivity contribution in [1.29, 1.82) is 0 Å². The highest BCUT2D eigenvalue weighted by Gasteiger charge is 2.20. The Bertz CT molecular complexity index is 993. The van der Waals surface area contributed by atoms with E-state index < -0.39 is 0 Å². The minimum Gasteiger partial charge on any atom is -0.381 e. The van der Waals surface area contributed by atoms with Crippen LogP contribution in [0.15, 0.2) is 46.9 Å². The molecule has 2 saturated heterocycles. The van der Waals surface area contributed by atoms with Gasteiger partial charge in [0.05, 0.1) is 34.6 Å². The molecule has 2 aliphatic rings. The fourth-order valence-electron chi connectivity index (χ4n) is 4.41. The molecule has 0 atom stereocenters. The van der Waals surface area contributed by atoms with Crippen LogP contribution >= 0.6 is 15.9 Å². The lowest BCUT2D eigenvalue weighted by Crippen LogP contribution is -2.35. The zero-order chi connectivity index (χ0) is 20.3. The summed E-state index contributed by atoms with van der Waals surface area (Å²) in [7, 11) is 0. The Balaban J connectivity index is 1.54. The van der Waals surface area contributed by atoms with Gasteiger partial charge in [0.25, 0.3) is 0 Å². The lowest BCUT2D eigenvalue weighted by Gasteiger charge is -2.27. The van der Waals surface area contributed by atoms with E-state index in [4.69, 9.17) is 9.47 Å². The maximum Gasteiger partial charge on any atom is 0.0706 e. The summed E-state index contributed by atoms with van der Waals surface area (Å²) in [6.07, 6.45) is 2.09. The van der Waals surface area contributed by atoms with E-state index in [0.717, 1.165) is 74.6 Å². The van der Waals surface area contributed by atoms with Crippen molar-refractivity contribution in [3.8, 4) is 11.3 Å². The van der Waals surface area contributed by atoms with Gasteiger partial charge in [-0.15, -0.1) is 0 Å². The van der Waals surface area contributed by atoms with Gasteiger partial charge in [0.1, 0.15) is 0 Å². The number of nitrogens with one attached hydrogen (secondary N) is 2. The molecular weight excluding hydrogens is 442 g/mol. The second kappa shape index (κ2) is 9.10. The Morgan fingerprint density at radius 1 is 1.00 bits per heavy atom. The molecule has 0 spiro atoms. The molecule has 2 aromatic carbocycles. The maximum atomic E-state index is 5.56. The smallest absolute Gasteiger partial charge is 0.0706 e. The van der Waals surface area contributed by atoms with Gasteiger partial charge in [-0.25, -0.2) is 0 Å².